The lowest BCUT2D eigenvalue weighted by molar-refractivity contribution is -0.0384. The number of ether oxygens (including phenoxy) is 2. The summed E-state index contributed by atoms with van der Waals surface area (Å²) in [5.74, 6) is 0.478. The van der Waals surface area contributed by atoms with E-state index >= 15 is 0 Å². The summed E-state index contributed by atoms with van der Waals surface area (Å²) in [6.07, 6.45) is 8.75. The lowest BCUT2D eigenvalue weighted by Crippen LogP contribution is -2.38. The number of rotatable bonds is 5. The lowest BCUT2D eigenvalue weighted by Gasteiger charge is -2.24. The summed E-state index contributed by atoms with van der Waals surface area (Å²) in [5, 5.41) is 19.3. The van der Waals surface area contributed by atoms with Crippen LogP contribution in [0.4, 0.5) is 10.7 Å². The maximum Gasteiger partial charge on any atom is 0.407 e. The van der Waals surface area contributed by atoms with Gasteiger partial charge in [0.25, 0.3) is 0 Å². The molecule has 0 spiro atoms. The minimum absolute atomic E-state index is 0.0637. The van der Waals surface area contributed by atoms with E-state index in [9.17, 15) is 4.79 Å². The van der Waals surface area contributed by atoms with Crippen LogP contribution in [0.2, 0.25) is 0 Å². The highest BCUT2D eigenvalue weighted by Gasteiger charge is 2.28. The van der Waals surface area contributed by atoms with Crippen LogP contribution in [0.15, 0.2) is 18.5 Å². The molecule has 31 heavy (non-hydrogen) atoms. The highest BCUT2D eigenvalue weighted by Crippen LogP contribution is 2.27. The third-order valence-corrected chi connectivity index (χ3v) is 5.41. The van der Waals surface area contributed by atoms with E-state index in [1.54, 1.807) is 12.4 Å². The maximum atomic E-state index is 12.0. The molecule has 1 aliphatic carbocycles. The average molecular weight is 430 g/mol. The van der Waals surface area contributed by atoms with Crippen molar-refractivity contribution in [2.75, 3.05) is 11.9 Å². The Morgan fingerprint density at radius 3 is 2.74 bits per heavy atom. The molecule has 2 aliphatic rings. The zero-order valence-corrected chi connectivity index (χ0v) is 18.4. The molecule has 1 saturated carbocycles. The first-order valence-corrected chi connectivity index (χ1v) is 11.0. The number of carbonyl (C=O) groups excluding carboxylic acids is 1. The number of amides is 1. The van der Waals surface area contributed by atoms with Crippen molar-refractivity contribution in [2.24, 2.45) is 0 Å². The van der Waals surface area contributed by atoms with Crippen LogP contribution in [0.5, 0.6) is 0 Å². The molecule has 2 aromatic heterocycles. The topological polar surface area (TPSA) is 116 Å². The van der Waals surface area contributed by atoms with Crippen molar-refractivity contribution in [1.82, 2.24) is 30.3 Å². The molecule has 1 saturated heterocycles. The van der Waals surface area contributed by atoms with Gasteiger partial charge in [-0.05, 0) is 65.4 Å². The first kappa shape index (κ1) is 21.5. The molecular weight excluding hydrogens is 398 g/mol. The van der Waals surface area contributed by atoms with E-state index in [2.05, 4.69) is 30.9 Å². The Bertz CT molecular complexity index is 872. The highest BCUT2D eigenvalue weighted by atomic mass is 16.6. The van der Waals surface area contributed by atoms with Crippen molar-refractivity contribution in [3.63, 3.8) is 0 Å². The fourth-order valence-electron chi connectivity index (χ4n) is 4.02. The Morgan fingerprint density at radius 2 is 2.03 bits per heavy atom. The first-order valence-electron chi connectivity index (χ1n) is 11.0. The van der Waals surface area contributed by atoms with Crippen LogP contribution in [0.1, 0.15) is 65.5 Å². The highest BCUT2D eigenvalue weighted by molar-refractivity contribution is 5.68. The normalized spacial score (nSPS) is 24.0. The van der Waals surface area contributed by atoms with Crippen molar-refractivity contribution in [1.29, 1.82) is 0 Å². The zero-order chi connectivity index (χ0) is 21.8. The Hall–Kier alpha value is -2.75. The van der Waals surface area contributed by atoms with Gasteiger partial charge < -0.3 is 20.1 Å². The second-order valence-electron chi connectivity index (χ2n) is 9.15. The predicted molar refractivity (Wildman–Crippen MR) is 114 cm³/mol. The number of alkyl carbamates (subject to hydrolysis) is 1. The minimum atomic E-state index is -0.500. The maximum absolute atomic E-state index is 12.0. The van der Waals surface area contributed by atoms with Gasteiger partial charge >= 0.3 is 6.09 Å². The van der Waals surface area contributed by atoms with Crippen LogP contribution in [-0.2, 0) is 9.47 Å². The zero-order valence-electron chi connectivity index (χ0n) is 18.4. The minimum Gasteiger partial charge on any atom is -0.444 e. The van der Waals surface area contributed by atoms with Crippen molar-refractivity contribution in [3.05, 3.63) is 18.5 Å². The summed E-state index contributed by atoms with van der Waals surface area (Å²) in [6, 6.07) is 2.15. The summed E-state index contributed by atoms with van der Waals surface area (Å²) in [4.78, 5) is 16.4. The van der Waals surface area contributed by atoms with Crippen molar-refractivity contribution >= 4 is 12.0 Å². The SMILES string of the molecule is CC(C)(C)OC(=O)N[C@H]1CC[C@H](Nc2ncc(-c3ccnn3C3CCCCO3)nn2)C1. The van der Waals surface area contributed by atoms with Crippen molar-refractivity contribution in [2.45, 2.75) is 83.2 Å². The van der Waals surface area contributed by atoms with Gasteiger partial charge in [0.1, 0.15) is 11.3 Å². The molecule has 3 atom stereocenters. The number of nitrogens with one attached hydrogen (secondary N) is 2. The van der Waals surface area contributed by atoms with Gasteiger partial charge in [-0.25, -0.2) is 14.5 Å². The number of aromatic nitrogens is 5. The Kier molecular flexibility index (Phi) is 6.35. The van der Waals surface area contributed by atoms with Gasteiger partial charge in [-0.15, -0.1) is 10.2 Å². The molecule has 2 fully saturated rings. The molecular formula is C21H31N7O3. The van der Waals surface area contributed by atoms with Gasteiger partial charge in [0.05, 0.1) is 11.9 Å². The number of hydrogen-bond donors (Lipinski definition) is 2. The lowest BCUT2D eigenvalue weighted by atomic mass is 10.2. The molecule has 0 aromatic carbocycles. The number of hydrogen-bond acceptors (Lipinski definition) is 8. The van der Waals surface area contributed by atoms with Crippen LogP contribution in [0, 0.1) is 0 Å². The first-order chi connectivity index (χ1) is 14.9. The van der Waals surface area contributed by atoms with Gasteiger partial charge in [0.2, 0.25) is 5.95 Å². The second kappa shape index (κ2) is 9.17. The average Bonchev–Trinajstić information content (AvgIpc) is 3.37. The third-order valence-electron chi connectivity index (χ3n) is 5.41. The predicted octanol–water partition coefficient (Wildman–Crippen LogP) is 3.29. The summed E-state index contributed by atoms with van der Waals surface area (Å²) in [6.45, 7) is 6.32. The summed E-state index contributed by atoms with van der Waals surface area (Å²) < 4.78 is 13.0. The van der Waals surface area contributed by atoms with Crippen molar-refractivity contribution < 1.29 is 14.3 Å². The Labute approximate surface area is 182 Å². The van der Waals surface area contributed by atoms with E-state index in [0.29, 0.717) is 11.6 Å². The van der Waals surface area contributed by atoms with Gasteiger partial charge in [0.15, 0.2) is 6.23 Å². The number of anilines is 1. The fourth-order valence-corrected chi connectivity index (χ4v) is 4.02. The van der Waals surface area contributed by atoms with E-state index < -0.39 is 5.60 Å². The van der Waals surface area contributed by atoms with Crippen molar-refractivity contribution in [3.8, 4) is 11.4 Å². The Balaban J connectivity index is 1.32. The molecule has 168 valence electrons. The third kappa shape index (κ3) is 5.69. The molecule has 10 nitrogen and oxygen atoms in total. The van der Waals surface area contributed by atoms with E-state index in [0.717, 1.165) is 50.8 Å². The molecule has 3 heterocycles. The largest absolute Gasteiger partial charge is 0.444 e. The molecule has 0 bridgehead atoms. The fraction of sp³-hybridized carbons (Fsp3) is 0.667. The monoisotopic (exact) mass is 429 g/mol. The summed E-state index contributed by atoms with van der Waals surface area (Å²) in [5.41, 5.74) is 1.01. The van der Waals surface area contributed by atoms with Crippen LogP contribution < -0.4 is 10.6 Å². The number of carbonyl (C=O) groups is 1. The van der Waals surface area contributed by atoms with Crippen LogP contribution in [0.3, 0.4) is 0 Å². The van der Waals surface area contributed by atoms with E-state index in [4.69, 9.17) is 9.47 Å². The molecule has 1 aliphatic heterocycles. The van der Waals surface area contributed by atoms with E-state index in [1.165, 1.54) is 0 Å². The Morgan fingerprint density at radius 1 is 1.19 bits per heavy atom. The molecule has 0 radical (unpaired) electrons. The molecule has 1 amide bonds. The molecule has 10 heteroatoms. The van der Waals surface area contributed by atoms with Gasteiger partial charge in [-0.3, -0.25) is 0 Å². The van der Waals surface area contributed by atoms with E-state index in [1.807, 2.05) is 31.5 Å². The van der Waals surface area contributed by atoms with Gasteiger partial charge in [-0.2, -0.15) is 5.10 Å². The quantitative estimate of drug-likeness (QED) is 0.744. The molecule has 1 unspecified atom stereocenters. The molecule has 2 N–H and O–H groups in total. The van der Waals surface area contributed by atoms with Crippen LogP contribution >= 0.6 is 0 Å². The van der Waals surface area contributed by atoms with Crippen LogP contribution in [0.25, 0.3) is 11.4 Å². The van der Waals surface area contributed by atoms with Gasteiger partial charge in [0, 0.05) is 24.9 Å². The summed E-state index contributed by atoms with van der Waals surface area (Å²) in [7, 11) is 0. The smallest absolute Gasteiger partial charge is 0.407 e. The van der Waals surface area contributed by atoms with Gasteiger partial charge in [-0.1, -0.05) is 0 Å². The van der Waals surface area contributed by atoms with Crippen LogP contribution in [-0.4, -0.2) is 55.3 Å². The summed E-state index contributed by atoms with van der Waals surface area (Å²) >= 11 is 0. The second-order valence-corrected chi connectivity index (χ2v) is 9.15. The number of nitrogens with zero attached hydrogens (tertiary/aromatic N) is 5. The molecule has 4 rings (SSSR count). The van der Waals surface area contributed by atoms with E-state index in [-0.39, 0.29) is 24.4 Å². The standard InChI is InChI=1S/C21H31N7O3/c1-21(2,3)31-20(29)25-15-8-7-14(12-15)24-19-22-13-16(26-27-19)17-9-10-23-28(17)18-6-4-5-11-30-18/h9-10,13-15,18H,4-8,11-12H2,1-3H3,(H,25,29)(H,22,24,27)/t14-,15-,18?/m0/s1. The molecule has 2 aromatic rings.